The molecule has 8 heteroatoms. The SMILES string of the molecule is O=C1COc2ccc(C(=O)COCC(F)(F)F)cc2N1. The van der Waals surface area contributed by atoms with Gasteiger partial charge >= 0.3 is 6.18 Å². The number of ketones is 1. The van der Waals surface area contributed by atoms with Crippen LogP contribution in [0.15, 0.2) is 18.2 Å². The van der Waals surface area contributed by atoms with Crippen LogP contribution >= 0.6 is 0 Å². The second kappa shape index (κ2) is 5.49. The van der Waals surface area contributed by atoms with Gasteiger partial charge in [-0.3, -0.25) is 9.59 Å². The molecule has 1 N–H and O–H groups in total. The molecule has 0 aliphatic carbocycles. The van der Waals surface area contributed by atoms with Crippen LogP contribution in [0, 0.1) is 0 Å². The highest BCUT2D eigenvalue weighted by molar-refractivity contribution is 6.01. The summed E-state index contributed by atoms with van der Waals surface area (Å²) in [5.41, 5.74) is 0.444. The van der Waals surface area contributed by atoms with Crippen LogP contribution in [-0.2, 0) is 9.53 Å². The summed E-state index contributed by atoms with van der Waals surface area (Å²) in [7, 11) is 0. The molecule has 108 valence electrons. The summed E-state index contributed by atoms with van der Waals surface area (Å²) in [6.45, 7) is -2.29. The van der Waals surface area contributed by atoms with E-state index in [2.05, 4.69) is 10.1 Å². The molecular formula is C12H10F3NO4. The van der Waals surface area contributed by atoms with Gasteiger partial charge in [-0.1, -0.05) is 0 Å². The molecule has 1 aromatic carbocycles. The van der Waals surface area contributed by atoms with E-state index in [1.54, 1.807) is 0 Å². The van der Waals surface area contributed by atoms with Gasteiger partial charge in [0.2, 0.25) is 0 Å². The Bertz CT molecular complexity index is 542. The van der Waals surface area contributed by atoms with Crippen molar-refractivity contribution < 1.29 is 32.2 Å². The molecule has 1 aliphatic rings. The van der Waals surface area contributed by atoms with Crippen molar-refractivity contribution in [2.45, 2.75) is 6.18 Å². The second-order valence-corrected chi connectivity index (χ2v) is 4.08. The first-order valence-corrected chi connectivity index (χ1v) is 5.59. The predicted octanol–water partition coefficient (Wildman–Crippen LogP) is 1.78. The molecule has 0 atom stereocenters. The Labute approximate surface area is 111 Å². The zero-order chi connectivity index (χ0) is 14.8. The average Bonchev–Trinajstić information content (AvgIpc) is 2.36. The maximum absolute atomic E-state index is 11.9. The van der Waals surface area contributed by atoms with E-state index in [4.69, 9.17) is 4.74 Å². The van der Waals surface area contributed by atoms with Gasteiger partial charge in [-0.05, 0) is 18.2 Å². The van der Waals surface area contributed by atoms with Crippen LogP contribution < -0.4 is 10.1 Å². The van der Waals surface area contributed by atoms with Crippen LogP contribution in [0.5, 0.6) is 5.75 Å². The fraction of sp³-hybridized carbons (Fsp3) is 0.333. The average molecular weight is 289 g/mol. The Morgan fingerprint density at radius 2 is 2.15 bits per heavy atom. The van der Waals surface area contributed by atoms with Crippen molar-refractivity contribution in [2.75, 3.05) is 25.1 Å². The third-order valence-electron chi connectivity index (χ3n) is 2.43. The first kappa shape index (κ1) is 14.3. The summed E-state index contributed by atoms with van der Waals surface area (Å²) in [4.78, 5) is 22.8. The van der Waals surface area contributed by atoms with E-state index in [-0.39, 0.29) is 18.1 Å². The number of carbonyl (C=O) groups excluding carboxylic acids is 2. The van der Waals surface area contributed by atoms with Crippen molar-refractivity contribution in [3.8, 4) is 5.75 Å². The Morgan fingerprint density at radius 1 is 1.40 bits per heavy atom. The first-order chi connectivity index (χ1) is 9.35. The maximum atomic E-state index is 11.9. The standard InChI is InChI=1S/C12H10F3NO4/c13-12(14,15)6-19-4-9(17)7-1-2-10-8(3-7)16-11(18)5-20-10/h1-3H,4-6H2,(H,16,18). The lowest BCUT2D eigenvalue weighted by atomic mass is 10.1. The molecular weight excluding hydrogens is 279 g/mol. The van der Waals surface area contributed by atoms with Crippen molar-refractivity contribution in [1.82, 2.24) is 0 Å². The summed E-state index contributed by atoms with van der Waals surface area (Å²) >= 11 is 0. The number of alkyl halides is 3. The third kappa shape index (κ3) is 3.70. The van der Waals surface area contributed by atoms with Crippen molar-refractivity contribution in [2.24, 2.45) is 0 Å². The van der Waals surface area contributed by atoms with Gasteiger partial charge in [0.15, 0.2) is 12.4 Å². The van der Waals surface area contributed by atoms with Gasteiger partial charge in [0.25, 0.3) is 5.91 Å². The molecule has 1 amide bonds. The van der Waals surface area contributed by atoms with Gasteiger partial charge in [0, 0.05) is 5.56 Å². The van der Waals surface area contributed by atoms with Crippen molar-refractivity contribution in [3.05, 3.63) is 23.8 Å². The monoisotopic (exact) mass is 289 g/mol. The van der Waals surface area contributed by atoms with Crippen LogP contribution in [-0.4, -0.2) is 37.7 Å². The van der Waals surface area contributed by atoms with Crippen molar-refractivity contribution in [3.63, 3.8) is 0 Å². The predicted molar refractivity (Wildman–Crippen MR) is 61.8 cm³/mol. The van der Waals surface area contributed by atoms with E-state index >= 15 is 0 Å². The molecule has 5 nitrogen and oxygen atoms in total. The summed E-state index contributed by atoms with van der Waals surface area (Å²) < 4.78 is 45.0. The second-order valence-electron chi connectivity index (χ2n) is 4.08. The summed E-state index contributed by atoms with van der Waals surface area (Å²) in [6, 6.07) is 4.20. The van der Waals surface area contributed by atoms with E-state index in [9.17, 15) is 22.8 Å². The number of fused-ring (bicyclic) bond motifs is 1. The molecule has 1 aliphatic heterocycles. The highest BCUT2D eigenvalue weighted by Gasteiger charge is 2.28. The highest BCUT2D eigenvalue weighted by Crippen LogP contribution is 2.28. The maximum Gasteiger partial charge on any atom is 0.411 e. The minimum Gasteiger partial charge on any atom is -0.482 e. The minimum atomic E-state index is -4.47. The Morgan fingerprint density at radius 3 is 2.85 bits per heavy atom. The molecule has 0 spiro atoms. The lowest BCUT2D eigenvalue weighted by Gasteiger charge is -2.18. The first-order valence-electron chi connectivity index (χ1n) is 5.59. The molecule has 0 bridgehead atoms. The topological polar surface area (TPSA) is 64.6 Å². The summed E-state index contributed by atoms with van der Waals surface area (Å²) in [6.07, 6.45) is -4.47. The van der Waals surface area contributed by atoms with E-state index in [0.29, 0.717) is 11.4 Å². The highest BCUT2D eigenvalue weighted by atomic mass is 19.4. The number of hydrogen-bond acceptors (Lipinski definition) is 4. The molecule has 1 aromatic rings. The Hall–Kier alpha value is -2.09. The summed E-state index contributed by atoms with van der Waals surface area (Å²) in [5, 5.41) is 2.50. The Kier molecular flexibility index (Phi) is 3.93. The number of ether oxygens (including phenoxy) is 2. The van der Waals surface area contributed by atoms with Crippen LogP contribution in [0.2, 0.25) is 0 Å². The van der Waals surface area contributed by atoms with Gasteiger partial charge < -0.3 is 14.8 Å². The quantitative estimate of drug-likeness (QED) is 0.858. The van der Waals surface area contributed by atoms with Gasteiger partial charge in [0.1, 0.15) is 19.0 Å². The molecule has 0 radical (unpaired) electrons. The number of hydrogen-bond donors (Lipinski definition) is 1. The van der Waals surface area contributed by atoms with Crippen LogP contribution in [0.3, 0.4) is 0 Å². The minimum absolute atomic E-state index is 0.116. The molecule has 20 heavy (non-hydrogen) atoms. The van der Waals surface area contributed by atoms with E-state index in [0.717, 1.165) is 0 Å². The number of anilines is 1. The van der Waals surface area contributed by atoms with Crippen LogP contribution in [0.1, 0.15) is 10.4 Å². The third-order valence-corrected chi connectivity index (χ3v) is 2.43. The van der Waals surface area contributed by atoms with Gasteiger partial charge in [0.05, 0.1) is 5.69 Å². The lowest BCUT2D eigenvalue weighted by molar-refractivity contribution is -0.170. The number of halogens is 3. The number of nitrogens with one attached hydrogen (secondary N) is 1. The smallest absolute Gasteiger partial charge is 0.411 e. The summed E-state index contributed by atoms with van der Waals surface area (Å²) in [5.74, 6) is -0.579. The van der Waals surface area contributed by atoms with Crippen LogP contribution in [0.25, 0.3) is 0 Å². The Balaban J connectivity index is 2.00. The molecule has 0 unspecified atom stereocenters. The van der Waals surface area contributed by atoms with Gasteiger partial charge in [-0.15, -0.1) is 0 Å². The van der Waals surface area contributed by atoms with Crippen LogP contribution in [0.4, 0.5) is 18.9 Å². The zero-order valence-electron chi connectivity index (χ0n) is 10.1. The van der Waals surface area contributed by atoms with E-state index in [1.165, 1.54) is 18.2 Å². The molecule has 0 saturated carbocycles. The van der Waals surface area contributed by atoms with Crippen molar-refractivity contribution >= 4 is 17.4 Å². The number of benzene rings is 1. The fourth-order valence-electron chi connectivity index (χ4n) is 1.60. The molecule has 0 aromatic heterocycles. The molecule has 2 rings (SSSR count). The normalized spacial score (nSPS) is 14.2. The van der Waals surface area contributed by atoms with E-state index < -0.39 is 25.2 Å². The van der Waals surface area contributed by atoms with Crippen molar-refractivity contribution in [1.29, 1.82) is 0 Å². The number of carbonyl (C=O) groups is 2. The van der Waals surface area contributed by atoms with Gasteiger partial charge in [-0.2, -0.15) is 13.2 Å². The number of Topliss-reactive ketones (excluding diaryl/α,β-unsaturated/α-hetero) is 1. The zero-order valence-corrected chi connectivity index (χ0v) is 10.1. The number of rotatable bonds is 4. The molecule has 1 heterocycles. The molecule has 0 fully saturated rings. The fourth-order valence-corrected chi connectivity index (χ4v) is 1.60. The van der Waals surface area contributed by atoms with Gasteiger partial charge in [-0.25, -0.2) is 0 Å². The largest absolute Gasteiger partial charge is 0.482 e. The number of amides is 1. The molecule has 0 saturated heterocycles. The van der Waals surface area contributed by atoms with E-state index in [1.807, 2.05) is 0 Å². The lowest BCUT2D eigenvalue weighted by Crippen LogP contribution is -2.25.